The van der Waals surface area contributed by atoms with Crippen LogP contribution in [0.1, 0.15) is 78.4 Å². The van der Waals surface area contributed by atoms with Gasteiger partial charge in [-0.15, -0.1) is 0 Å². The summed E-state index contributed by atoms with van der Waals surface area (Å²) in [6.07, 6.45) is 4.77. The number of hydrogen-bond donors (Lipinski definition) is 1. The van der Waals surface area contributed by atoms with Gasteiger partial charge in [0.15, 0.2) is 11.5 Å². The first-order chi connectivity index (χ1) is 16.4. The molecule has 4 rings (SSSR count). The topological polar surface area (TPSA) is 102 Å². The largest absolute Gasteiger partial charge is 0.501 e. The predicted molar refractivity (Wildman–Crippen MR) is 122 cm³/mol. The number of rotatable bonds is 0. The van der Waals surface area contributed by atoms with Crippen LogP contribution in [0.15, 0.2) is 23.0 Å². The first kappa shape index (κ1) is 23.9. The van der Waals surface area contributed by atoms with Gasteiger partial charge in [0.25, 0.3) is 5.56 Å². The number of ketones is 1. The standard InChI is InChI=1S/C25H30FN3O5/c1-28-19-8-4-5-13-29-23(19)27-21(22(31)24(29)32)20(30)12-10-16-9-11-18(26)15-17(16)7-3-2-6-14-34-25(28)33/h9,11,15,19,31H,2-8,10,12-14H2,1H3. The summed E-state index contributed by atoms with van der Waals surface area (Å²) < 4.78 is 20.7. The number of cyclic esters (lactones) is 1. The summed E-state index contributed by atoms with van der Waals surface area (Å²) >= 11 is 0. The van der Waals surface area contributed by atoms with Crippen molar-refractivity contribution in [2.24, 2.45) is 0 Å². The van der Waals surface area contributed by atoms with Crippen LogP contribution in [0.3, 0.4) is 0 Å². The number of aromatic hydroxyl groups is 1. The van der Waals surface area contributed by atoms with Gasteiger partial charge < -0.3 is 14.7 Å². The lowest BCUT2D eigenvalue weighted by molar-refractivity contribution is 0.0913. The lowest BCUT2D eigenvalue weighted by Gasteiger charge is -2.27. The fraction of sp³-hybridized carbons (Fsp3) is 0.520. The number of carbonyl (C=O) groups excluding carboxylic acids is 2. The van der Waals surface area contributed by atoms with E-state index in [-0.39, 0.29) is 30.4 Å². The van der Waals surface area contributed by atoms with Crippen molar-refractivity contribution >= 4 is 11.9 Å². The van der Waals surface area contributed by atoms with Crippen molar-refractivity contribution in [1.82, 2.24) is 14.5 Å². The predicted octanol–water partition coefficient (Wildman–Crippen LogP) is 3.92. The maximum absolute atomic E-state index is 13.9. The highest BCUT2D eigenvalue weighted by Crippen LogP contribution is 2.29. The molecule has 2 aromatic rings. The fourth-order valence-corrected chi connectivity index (χ4v) is 4.75. The number of nitrogens with zero attached hydrogens (tertiary/aromatic N) is 3. The summed E-state index contributed by atoms with van der Waals surface area (Å²) in [5, 5.41) is 10.5. The molecule has 182 valence electrons. The average molecular weight is 472 g/mol. The zero-order valence-corrected chi connectivity index (χ0v) is 19.4. The molecule has 1 N–H and O–H groups in total. The summed E-state index contributed by atoms with van der Waals surface area (Å²) in [6, 6.07) is 3.99. The van der Waals surface area contributed by atoms with Crippen LogP contribution in [0.2, 0.25) is 0 Å². The van der Waals surface area contributed by atoms with E-state index in [1.807, 2.05) is 0 Å². The van der Waals surface area contributed by atoms with E-state index in [0.717, 1.165) is 30.4 Å². The number of hydrogen-bond acceptors (Lipinski definition) is 6. The van der Waals surface area contributed by atoms with Gasteiger partial charge in [-0.05, 0) is 74.6 Å². The second kappa shape index (κ2) is 10.4. The van der Waals surface area contributed by atoms with Gasteiger partial charge in [-0.1, -0.05) is 6.07 Å². The van der Waals surface area contributed by atoms with E-state index in [1.165, 1.54) is 21.6 Å². The first-order valence-electron chi connectivity index (χ1n) is 11.9. The SMILES string of the molecule is CN1C(=O)OCCCCCc2cc(F)ccc2CCC(=O)c2nc3n(c(=O)c2O)CCCCC31. The number of halogens is 1. The fourth-order valence-electron chi connectivity index (χ4n) is 4.75. The number of ether oxygens (including phenoxy) is 1. The molecule has 0 saturated carbocycles. The van der Waals surface area contributed by atoms with Crippen LogP contribution in [-0.2, 0) is 24.1 Å². The Balaban J connectivity index is 1.74. The number of aromatic nitrogens is 2. The van der Waals surface area contributed by atoms with E-state index in [0.29, 0.717) is 38.6 Å². The highest BCUT2D eigenvalue weighted by atomic mass is 19.1. The molecule has 1 unspecified atom stereocenters. The molecule has 0 radical (unpaired) electrons. The Morgan fingerprint density at radius 2 is 1.85 bits per heavy atom. The lowest BCUT2D eigenvalue weighted by Crippen LogP contribution is -2.36. The minimum atomic E-state index is -0.678. The number of carbonyl (C=O) groups is 2. The molecule has 1 aromatic carbocycles. The van der Waals surface area contributed by atoms with Crippen LogP contribution in [0.5, 0.6) is 5.75 Å². The third-order valence-electron chi connectivity index (χ3n) is 6.71. The zero-order valence-electron chi connectivity index (χ0n) is 19.4. The van der Waals surface area contributed by atoms with Crippen LogP contribution in [0.25, 0.3) is 0 Å². The van der Waals surface area contributed by atoms with Gasteiger partial charge in [-0.25, -0.2) is 14.2 Å². The van der Waals surface area contributed by atoms with Crippen molar-refractivity contribution in [3.63, 3.8) is 0 Å². The minimum absolute atomic E-state index is 0.0185. The number of benzene rings is 1. The van der Waals surface area contributed by atoms with Crippen molar-refractivity contribution in [1.29, 1.82) is 0 Å². The lowest BCUT2D eigenvalue weighted by atomic mass is 9.96. The number of Topliss-reactive ketones (excluding diaryl/α,β-unsaturated/α-hetero) is 1. The summed E-state index contributed by atoms with van der Waals surface area (Å²) in [4.78, 5) is 44.6. The normalized spacial score (nSPS) is 20.2. The van der Waals surface area contributed by atoms with E-state index >= 15 is 0 Å². The maximum Gasteiger partial charge on any atom is 0.410 e. The molecular formula is C25H30FN3O5. The van der Waals surface area contributed by atoms with Crippen molar-refractivity contribution in [3.05, 3.63) is 57.0 Å². The molecule has 1 amide bonds. The monoisotopic (exact) mass is 471 g/mol. The van der Waals surface area contributed by atoms with E-state index in [9.17, 15) is 23.9 Å². The smallest absolute Gasteiger partial charge is 0.410 e. The number of amides is 1. The molecule has 34 heavy (non-hydrogen) atoms. The molecule has 0 fully saturated rings. The third kappa shape index (κ3) is 4.98. The van der Waals surface area contributed by atoms with Crippen LogP contribution >= 0.6 is 0 Å². The summed E-state index contributed by atoms with van der Waals surface area (Å²) in [5.74, 6) is -1.19. The molecule has 1 atom stereocenters. The molecule has 2 aliphatic rings. The zero-order chi connectivity index (χ0) is 24.2. The quantitative estimate of drug-likeness (QED) is 0.625. The van der Waals surface area contributed by atoms with Gasteiger partial charge in [-0.3, -0.25) is 14.2 Å². The second-order valence-corrected chi connectivity index (χ2v) is 9.01. The third-order valence-corrected chi connectivity index (χ3v) is 6.71. The molecule has 2 bridgehead atoms. The van der Waals surface area contributed by atoms with Crippen molar-refractivity contribution in [3.8, 4) is 5.75 Å². The van der Waals surface area contributed by atoms with Gasteiger partial charge in [0, 0.05) is 20.0 Å². The van der Waals surface area contributed by atoms with E-state index < -0.39 is 29.2 Å². The number of fused-ring (bicyclic) bond motifs is 2. The van der Waals surface area contributed by atoms with Crippen molar-refractivity contribution in [2.45, 2.75) is 70.4 Å². The molecular weight excluding hydrogens is 441 g/mol. The Morgan fingerprint density at radius 1 is 1.03 bits per heavy atom. The van der Waals surface area contributed by atoms with Gasteiger partial charge in [0.1, 0.15) is 11.6 Å². The summed E-state index contributed by atoms with van der Waals surface area (Å²) in [7, 11) is 1.60. The van der Waals surface area contributed by atoms with Gasteiger partial charge in [0.05, 0.1) is 12.6 Å². The van der Waals surface area contributed by atoms with Crippen LogP contribution in [0, 0.1) is 5.82 Å². The molecule has 2 aliphatic heterocycles. The Kier molecular flexibility index (Phi) is 7.29. The van der Waals surface area contributed by atoms with Gasteiger partial charge >= 0.3 is 6.09 Å². The van der Waals surface area contributed by atoms with Crippen LogP contribution in [0.4, 0.5) is 9.18 Å². The highest BCUT2D eigenvalue weighted by molar-refractivity contribution is 5.96. The second-order valence-electron chi connectivity index (χ2n) is 9.01. The molecule has 0 spiro atoms. The molecule has 0 saturated heterocycles. The van der Waals surface area contributed by atoms with Gasteiger partial charge in [-0.2, -0.15) is 0 Å². The Hall–Kier alpha value is -3.23. The number of aryl methyl sites for hydroxylation is 2. The Morgan fingerprint density at radius 3 is 2.68 bits per heavy atom. The summed E-state index contributed by atoms with van der Waals surface area (Å²) in [6.45, 7) is 0.604. The molecule has 3 heterocycles. The Labute approximate surface area is 197 Å². The van der Waals surface area contributed by atoms with Crippen molar-refractivity contribution in [2.75, 3.05) is 13.7 Å². The Bertz CT molecular complexity index is 1150. The molecule has 9 heteroatoms. The van der Waals surface area contributed by atoms with E-state index in [2.05, 4.69) is 4.98 Å². The van der Waals surface area contributed by atoms with E-state index in [1.54, 1.807) is 13.1 Å². The first-order valence-corrected chi connectivity index (χ1v) is 11.9. The van der Waals surface area contributed by atoms with Crippen LogP contribution in [-0.4, -0.2) is 45.1 Å². The minimum Gasteiger partial charge on any atom is -0.501 e. The highest BCUT2D eigenvalue weighted by Gasteiger charge is 2.32. The average Bonchev–Trinajstić information content (AvgIpc) is 3.04. The van der Waals surface area contributed by atoms with Gasteiger partial charge in [0.2, 0.25) is 5.75 Å². The molecule has 1 aromatic heterocycles. The molecule has 0 aliphatic carbocycles. The molecule has 8 nitrogen and oxygen atoms in total. The van der Waals surface area contributed by atoms with Crippen molar-refractivity contribution < 1.29 is 23.8 Å². The van der Waals surface area contributed by atoms with E-state index in [4.69, 9.17) is 4.74 Å². The van der Waals surface area contributed by atoms with Crippen LogP contribution < -0.4 is 5.56 Å². The maximum atomic E-state index is 13.9. The summed E-state index contributed by atoms with van der Waals surface area (Å²) in [5.41, 5.74) is 0.725.